The van der Waals surface area contributed by atoms with E-state index in [1.54, 1.807) is 7.05 Å². The maximum absolute atomic E-state index is 11.9. The van der Waals surface area contributed by atoms with Gasteiger partial charge in [-0.25, -0.2) is 0 Å². The molecule has 5 heteroatoms. The first kappa shape index (κ1) is 12.1. The van der Waals surface area contributed by atoms with Crippen LogP contribution in [0.4, 0.5) is 0 Å². The summed E-state index contributed by atoms with van der Waals surface area (Å²) in [6.45, 7) is 1.10. The molecule has 2 aliphatic rings. The first-order valence-electron chi connectivity index (χ1n) is 6.16. The van der Waals surface area contributed by atoms with Gasteiger partial charge in [-0.15, -0.1) is 0 Å². The highest BCUT2D eigenvalue weighted by Gasteiger charge is 2.33. The molecule has 0 radical (unpaired) electrons. The molecule has 94 valence electrons. The number of rotatable bonds is 3. The third kappa shape index (κ3) is 2.48. The Morgan fingerprint density at radius 1 is 1.18 bits per heavy atom. The summed E-state index contributed by atoms with van der Waals surface area (Å²) in [7, 11) is 1.61. The van der Waals surface area contributed by atoms with E-state index in [0.717, 1.165) is 25.7 Å². The minimum Gasteiger partial charge on any atom is -0.336 e. The summed E-state index contributed by atoms with van der Waals surface area (Å²) in [5.74, 6) is -0.814. The minimum absolute atomic E-state index is 0.109. The van der Waals surface area contributed by atoms with Crippen molar-refractivity contribution in [3.8, 4) is 0 Å². The minimum atomic E-state index is -0.537. The molecule has 17 heavy (non-hydrogen) atoms. The second-order valence-electron chi connectivity index (χ2n) is 4.90. The summed E-state index contributed by atoms with van der Waals surface area (Å²) >= 11 is 0. The third-order valence-electron chi connectivity index (χ3n) is 3.68. The average Bonchev–Trinajstić information content (AvgIpc) is 2.83. The molecule has 0 N–H and O–H groups in total. The van der Waals surface area contributed by atoms with Crippen LogP contribution in [0, 0.1) is 5.92 Å². The molecule has 0 aromatic carbocycles. The molecular formula is C12H18N2O3. The van der Waals surface area contributed by atoms with Crippen LogP contribution in [0.15, 0.2) is 0 Å². The molecule has 1 heterocycles. The number of amides is 2. The van der Waals surface area contributed by atoms with Crippen LogP contribution >= 0.6 is 0 Å². The number of nitrogens with zero attached hydrogens (tertiary/aromatic N) is 2. The lowest BCUT2D eigenvalue weighted by Gasteiger charge is -2.31. The number of Topliss-reactive ketones (excluding diaryl/α,β-unsaturated/α-hetero) is 1. The Balaban J connectivity index is 1.92. The summed E-state index contributed by atoms with van der Waals surface area (Å²) in [4.78, 5) is 37.9. The highest BCUT2D eigenvalue weighted by molar-refractivity contribution is 6.35. The average molecular weight is 238 g/mol. The van der Waals surface area contributed by atoms with Gasteiger partial charge >= 0.3 is 11.8 Å². The molecule has 1 saturated carbocycles. The van der Waals surface area contributed by atoms with Crippen LogP contribution in [-0.2, 0) is 14.4 Å². The fourth-order valence-electron chi connectivity index (χ4n) is 2.49. The van der Waals surface area contributed by atoms with Crippen molar-refractivity contribution in [2.75, 3.05) is 26.7 Å². The largest absolute Gasteiger partial charge is 0.336 e. The molecule has 0 unspecified atom stereocenters. The Morgan fingerprint density at radius 2 is 1.82 bits per heavy atom. The van der Waals surface area contributed by atoms with E-state index in [9.17, 15) is 14.4 Å². The van der Waals surface area contributed by atoms with Crippen molar-refractivity contribution in [3.05, 3.63) is 0 Å². The van der Waals surface area contributed by atoms with Crippen molar-refractivity contribution < 1.29 is 14.4 Å². The van der Waals surface area contributed by atoms with E-state index in [0.29, 0.717) is 13.1 Å². The smallest absolute Gasteiger partial charge is 0.312 e. The highest BCUT2D eigenvalue weighted by atomic mass is 16.2. The molecule has 0 aromatic heterocycles. The predicted molar refractivity (Wildman–Crippen MR) is 61.2 cm³/mol. The summed E-state index contributed by atoms with van der Waals surface area (Å²) < 4.78 is 0. The van der Waals surface area contributed by atoms with Gasteiger partial charge in [0.2, 0.25) is 0 Å². The van der Waals surface area contributed by atoms with Crippen LogP contribution < -0.4 is 0 Å². The molecule has 0 aromatic rings. The molecule has 0 spiro atoms. The fraction of sp³-hybridized carbons (Fsp3) is 0.750. The van der Waals surface area contributed by atoms with Gasteiger partial charge in [-0.2, -0.15) is 0 Å². The standard InChI is InChI=1S/C12H18N2O3/c1-13-6-7-14(12(17)11(13)16)8-10(15)9-4-2-3-5-9/h9H,2-8H2,1H3. The van der Waals surface area contributed by atoms with Gasteiger partial charge in [-0.1, -0.05) is 12.8 Å². The number of carbonyl (C=O) groups is 3. The molecular weight excluding hydrogens is 220 g/mol. The Hall–Kier alpha value is -1.39. The first-order chi connectivity index (χ1) is 8.09. The Bertz CT molecular complexity index is 348. The van der Waals surface area contributed by atoms with E-state index in [1.807, 2.05) is 0 Å². The molecule has 2 rings (SSSR count). The second kappa shape index (κ2) is 4.85. The van der Waals surface area contributed by atoms with Crippen molar-refractivity contribution in [2.45, 2.75) is 25.7 Å². The lowest BCUT2D eigenvalue weighted by atomic mass is 10.0. The van der Waals surface area contributed by atoms with Crippen LogP contribution in [0.5, 0.6) is 0 Å². The van der Waals surface area contributed by atoms with Crippen LogP contribution in [0.25, 0.3) is 0 Å². The normalized spacial score (nSPS) is 22.4. The zero-order valence-electron chi connectivity index (χ0n) is 10.1. The summed E-state index contributed by atoms with van der Waals surface area (Å²) in [5, 5.41) is 0. The Labute approximate surface area is 101 Å². The number of carbonyl (C=O) groups excluding carboxylic acids is 3. The third-order valence-corrected chi connectivity index (χ3v) is 3.68. The van der Waals surface area contributed by atoms with E-state index >= 15 is 0 Å². The molecule has 2 fully saturated rings. The van der Waals surface area contributed by atoms with Gasteiger partial charge < -0.3 is 9.80 Å². The molecule has 2 amide bonds. The SMILES string of the molecule is CN1CCN(CC(=O)C2CCCC2)C(=O)C1=O. The number of likely N-dealkylation sites (N-methyl/N-ethyl adjacent to an activating group) is 1. The van der Waals surface area contributed by atoms with E-state index < -0.39 is 11.8 Å². The van der Waals surface area contributed by atoms with Crippen molar-refractivity contribution in [1.82, 2.24) is 9.80 Å². The lowest BCUT2D eigenvalue weighted by Crippen LogP contribution is -2.54. The number of hydrogen-bond acceptors (Lipinski definition) is 3. The van der Waals surface area contributed by atoms with Crippen LogP contribution in [0.1, 0.15) is 25.7 Å². The summed E-state index contributed by atoms with van der Waals surface area (Å²) in [6, 6.07) is 0. The zero-order chi connectivity index (χ0) is 12.4. The van der Waals surface area contributed by atoms with Gasteiger partial charge in [0.1, 0.15) is 0 Å². The topological polar surface area (TPSA) is 57.7 Å². The van der Waals surface area contributed by atoms with Crippen molar-refractivity contribution in [1.29, 1.82) is 0 Å². The van der Waals surface area contributed by atoms with Gasteiger partial charge in [0.15, 0.2) is 5.78 Å². The predicted octanol–water partition coefficient (Wildman–Crippen LogP) is 0.0463. The molecule has 1 aliphatic heterocycles. The molecule has 0 atom stereocenters. The maximum atomic E-state index is 11.9. The quantitative estimate of drug-likeness (QED) is 0.653. The van der Waals surface area contributed by atoms with E-state index in [4.69, 9.17) is 0 Å². The van der Waals surface area contributed by atoms with E-state index in [-0.39, 0.29) is 18.2 Å². The Morgan fingerprint density at radius 3 is 2.47 bits per heavy atom. The summed E-state index contributed by atoms with van der Waals surface area (Å²) in [6.07, 6.45) is 4.08. The van der Waals surface area contributed by atoms with E-state index in [2.05, 4.69) is 0 Å². The number of hydrogen-bond donors (Lipinski definition) is 0. The van der Waals surface area contributed by atoms with Gasteiger partial charge in [0.05, 0.1) is 6.54 Å². The maximum Gasteiger partial charge on any atom is 0.312 e. The fourth-order valence-corrected chi connectivity index (χ4v) is 2.49. The van der Waals surface area contributed by atoms with Crippen molar-refractivity contribution in [2.24, 2.45) is 5.92 Å². The van der Waals surface area contributed by atoms with Crippen molar-refractivity contribution >= 4 is 17.6 Å². The van der Waals surface area contributed by atoms with Gasteiger partial charge in [0.25, 0.3) is 0 Å². The zero-order valence-corrected chi connectivity index (χ0v) is 10.1. The van der Waals surface area contributed by atoms with Gasteiger partial charge in [-0.05, 0) is 12.8 Å². The molecule has 0 bridgehead atoms. The molecule has 1 saturated heterocycles. The first-order valence-corrected chi connectivity index (χ1v) is 6.16. The van der Waals surface area contributed by atoms with Crippen molar-refractivity contribution in [3.63, 3.8) is 0 Å². The molecule has 5 nitrogen and oxygen atoms in total. The van der Waals surface area contributed by atoms with E-state index in [1.165, 1.54) is 9.80 Å². The second-order valence-corrected chi connectivity index (χ2v) is 4.90. The highest BCUT2D eigenvalue weighted by Crippen LogP contribution is 2.25. The lowest BCUT2D eigenvalue weighted by molar-refractivity contribution is -0.155. The van der Waals surface area contributed by atoms with Crippen LogP contribution in [0.2, 0.25) is 0 Å². The van der Waals surface area contributed by atoms with Gasteiger partial charge in [0, 0.05) is 26.1 Å². The van der Waals surface area contributed by atoms with Crippen LogP contribution in [-0.4, -0.2) is 54.1 Å². The van der Waals surface area contributed by atoms with Gasteiger partial charge in [-0.3, -0.25) is 14.4 Å². The molecule has 1 aliphatic carbocycles. The Kier molecular flexibility index (Phi) is 3.45. The summed E-state index contributed by atoms with van der Waals surface area (Å²) in [5.41, 5.74) is 0. The number of piperazine rings is 1. The monoisotopic (exact) mass is 238 g/mol. The number of ketones is 1. The van der Waals surface area contributed by atoms with Crippen LogP contribution in [0.3, 0.4) is 0 Å².